The van der Waals surface area contributed by atoms with Gasteiger partial charge in [-0.3, -0.25) is 9.78 Å². The minimum atomic E-state index is -1.12. The van der Waals surface area contributed by atoms with E-state index in [1.807, 2.05) is 20.8 Å². The summed E-state index contributed by atoms with van der Waals surface area (Å²) in [4.78, 5) is 29.0. The summed E-state index contributed by atoms with van der Waals surface area (Å²) in [6, 6.07) is 8.60. The van der Waals surface area contributed by atoms with E-state index < -0.39 is 11.5 Å². The highest BCUT2D eigenvalue weighted by Gasteiger charge is 2.32. The molecule has 7 heteroatoms. The van der Waals surface area contributed by atoms with E-state index in [4.69, 9.17) is 0 Å². The molecule has 2 N–H and O–H groups in total. The zero-order valence-electron chi connectivity index (χ0n) is 14.6. The normalized spacial score (nSPS) is 11.5. The Labute approximate surface area is 159 Å². The lowest BCUT2D eigenvalue weighted by molar-refractivity contribution is 0.102. The van der Waals surface area contributed by atoms with Gasteiger partial charge in [-0.1, -0.05) is 36.7 Å². The molecular formula is C19H18BrN3O3. The Bertz CT molecular complexity index is 1000. The zero-order valence-corrected chi connectivity index (χ0v) is 16.2. The van der Waals surface area contributed by atoms with Crippen molar-refractivity contribution in [3.05, 3.63) is 58.5 Å². The van der Waals surface area contributed by atoms with Gasteiger partial charge in [0.2, 0.25) is 0 Å². The number of nitrogens with zero attached hydrogens (tertiary/aromatic N) is 2. The summed E-state index contributed by atoms with van der Waals surface area (Å²) in [5.74, 6) is -0.357. The molecule has 1 aromatic carbocycles. The summed E-state index contributed by atoms with van der Waals surface area (Å²) < 4.78 is 1.97. The molecule has 0 fully saturated rings. The van der Waals surface area contributed by atoms with E-state index in [-0.39, 0.29) is 5.91 Å². The lowest BCUT2D eigenvalue weighted by Crippen LogP contribution is -2.26. The Morgan fingerprint density at radius 3 is 2.38 bits per heavy atom. The topological polar surface area (TPSA) is 84.2 Å². The minimum absolute atomic E-state index is 0.355. The van der Waals surface area contributed by atoms with Gasteiger partial charge < -0.3 is 10.4 Å². The molecule has 0 bridgehead atoms. The predicted molar refractivity (Wildman–Crippen MR) is 104 cm³/mol. The fourth-order valence-electron chi connectivity index (χ4n) is 3.03. The molecule has 0 aliphatic carbocycles. The monoisotopic (exact) mass is 415 g/mol. The standard InChI is InChI=1S/C19H18BrN3O3/c1-19(2,3)16-15(17(24)22-12-6-8-21-9-7-12)13-10-11(20)4-5-14(13)23(16)18(25)26/h4-10H,1-3H3,(H,25,26)(H,21,22,24). The third-order valence-electron chi connectivity index (χ3n) is 4.00. The van der Waals surface area contributed by atoms with Crippen LogP contribution in [-0.2, 0) is 5.41 Å². The molecular weight excluding hydrogens is 398 g/mol. The van der Waals surface area contributed by atoms with E-state index in [0.717, 1.165) is 4.47 Å². The highest BCUT2D eigenvalue weighted by atomic mass is 79.9. The summed E-state index contributed by atoms with van der Waals surface area (Å²) in [5, 5.41) is 13.2. The third-order valence-corrected chi connectivity index (χ3v) is 4.49. The van der Waals surface area contributed by atoms with Crippen molar-refractivity contribution in [3.8, 4) is 0 Å². The summed E-state index contributed by atoms with van der Waals surface area (Å²) in [6.45, 7) is 5.66. The molecule has 0 aliphatic heterocycles. The second kappa shape index (κ2) is 6.57. The van der Waals surface area contributed by atoms with Crippen LogP contribution in [0.3, 0.4) is 0 Å². The van der Waals surface area contributed by atoms with Gasteiger partial charge in [0.15, 0.2) is 0 Å². The highest BCUT2D eigenvalue weighted by molar-refractivity contribution is 9.10. The van der Waals surface area contributed by atoms with Crippen molar-refractivity contribution in [2.45, 2.75) is 26.2 Å². The van der Waals surface area contributed by atoms with Crippen molar-refractivity contribution in [1.82, 2.24) is 9.55 Å². The van der Waals surface area contributed by atoms with Crippen LogP contribution in [0.5, 0.6) is 0 Å². The maximum Gasteiger partial charge on any atom is 0.416 e. The summed E-state index contributed by atoms with van der Waals surface area (Å²) in [6.07, 6.45) is 2.04. The van der Waals surface area contributed by atoms with Crippen molar-refractivity contribution in [3.63, 3.8) is 0 Å². The van der Waals surface area contributed by atoms with Gasteiger partial charge in [0.25, 0.3) is 5.91 Å². The van der Waals surface area contributed by atoms with Crippen molar-refractivity contribution >= 4 is 44.5 Å². The van der Waals surface area contributed by atoms with Crippen LogP contribution in [0.15, 0.2) is 47.2 Å². The molecule has 0 radical (unpaired) electrons. The van der Waals surface area contributed by atoms with Crippen LogP contribution >= 0.6 is 15.9 Å². The van der Waals surface area contributed by atoms with Crippen molar-refractivity contribution in [2.24, 2.45) is 0 Å². The molecule has 3 aromatic rings. The summed E-state index contributed by atoms with van der Waals surface area (Å²) in [7, 11) is 0. The number of amides is 1. The van der Waals surface area contributed by atoms with E-state index in [0.29, 0.717) is 27.8 Å². The molecule has 134 valence electrons. The van der Waals surface area contributed by atoms with Crippen molar-refractivity contribution in [2.75, 3.05) is 5.32 Å². The third kappa shape index (κ3) is 3.22. The fourth-order valence-corrected chi connectivity index (χ4v) is 3.39. The largest absolute Gasteiger partial charge is 0.464 e. The van der Waals surface area contributed by atoms with E-state index in [1.165, 1.54) is 4.57 Å². The second-order valence-electron chi connectivity index (χ2n) is 6.94. The van der Waals surface area contributed by atoms with Crippen LogP contribution in [-0.4, -0.2) is 26.7 Å². The van der Waals surface area contributed by atoms with E-state index >= 15 is 0 Å². The maximum atomic E-state index is 13.1. The Morgan fingerprint density at radius 1 is 1.15 bits per heavy atom. The molecule has 0 saturated heterocycles. The van der Waals surface area contributed by atoms with Crippen molar-refractivity contribution < 1.29 is 14.7 Å². The maximum absolute atomic E-state index is 13.1. The molecule has 2 aromatic heterocycles. The number of halogens is 1. The second-order valence-corrected chi connectivity index (χ2v) is 7.86. The average Bonchev–Trinajstić information content (AvgIpc) is 2.90. The Balaban J connectivity index is 2.30. The molecule has 0 atom stereocenters. The van der Waals surface area contributed by atoms with Crippen molar-refractivity contribution in [1.29, 1.82) is 0 Å². The van der Waals surface area contributed by atoms with Crippen LogP contribution < -0.4 is 5.32 Å². The number of benzene rings is 1. The van der Waals surface area contributed by atoms with Gasteiger partial charge in [-0.25, -0.2) is 9.36 Å². The minimum Gasteiger partial charge on any atom is -0.464 e. The Kier molecular flexibility index (Phi) is 4.58. The van der Waals surface area contributed by atoms with Gasteiger partial charge in [0.05, 0.1) is 11.1 Å². The number of carbonyl (C=O) groups excluding carboxylic acids is 1. The van der Waals surface area contributed by atoms with Gasteiger partial charge in [-0.15, -0.1) is 0 Å². The number of hydrogen-bond donors (Lipinski definition) is 2. The Hall–Kier alpha value is -2.67. The molecule has 2 heterocycles. The number of hydrogen-bond acceptors (Lipinski definition) is 3. The molecule has 3 rings (SSSR count). The average molecular weight is 416 g/mol. The van der Waals surface area contributed by atoms with Gasteiger partial charge in [0.1, 0.15) is 0 Å². The van der Waals surface area contributed by atoms with Gasteiger partial charge in [-0.2, -0.15) is 0 Å². The quantitative estimate of drug-likeness (QED) is 0.624. The number of rotatable bonds is 2. The Morgan fingerprint density at radius 2 is 1.81 bits per heavy atom. The molecule has 0 unspecified atom stereocenters. The van der Waals surface area contributed by atoms with E-state index in [2.05, 4.69) is 26.2 Å². The molecule has 6 nitrogen and oxygen atoms in total. The number of carbonyl (C=O) groups is 2. The predicted octanol–water partition coefficient (Wildman–Crippen LogP) is 4.87. The smallest absolute Gasteiger partial charge is 0.416 e. The van der Waals surface area contributed by atoms with E-state index in [9.17, 15) is 14.7 Å². The summed E-state index contributed by atoms with van der Waals surface area (Å²) in [5.41, 5.74) is 1.31. The molecule has 0 spiro atoms. The molecule has 0 aliphatic rings. The number of carboxylic acid groups (broad SMARTS) is 1. The van der Waals surface area contributed by atoms with Crippen LogP contribution in [0.1, 0.15) is 36.8 Å². The molecule has 26 heavy (non-hydrogen) atoms. The molecule has 1 amide bonds. The van der Waals surface area contributed by atoms with Gasteiger partial charge in [-0.05, 0) is 30.3 Å². The van der Waals surface area contributed by atoms with Crippen LogP contribution in [0.25, 0.3) is 10.9 Å². The first-order valence-corrected chi connectivity index (χ1v) is 8.78. The first kappa shape index (κ1) is 18.1. The van der Waals surface area contributed by atoms with Crippen LogP contribution in [0.2, 0.25) is 0 Å². The number of fused-ring (bicyclic) bond motifs is 1. The molecule has 0 saturated carbocycles. The van der Waals surface area contributed by atoms with Gasteiger partial charge in [0, 0.05) is 39.0 Å². The highest BCUT2D eigenvalue weighted by Crippen LogP contribution is 2.36. The zero-order chi connectivity index (χ0) is 19.1. The lowest BCUT2D eigenvalue weighted by Gasteiger charge is -2.22. The summed E-state index contributed by atoms with van der Waals surface area (Å²) >= 11 is 3.41. The SMILES string of the molecule is CC(C)(C)c1c(C(=O)Nc2ccncc2)c2cc(Br)ccc2n1C(=O)O. The fraction of sp³-hybridized carbons (Fsp3) is 0.211. The van der Waals surface area contributed by atoms with Crippen LogP contribution in [0, 0.1) is 0 Å². The number of pyridine rings is 1. The number of anilines is 1. The number of nitrogens with one attached hydrogen (secondary N) is 1. The number of aromatic nitrogens is 2. The lowest BCUT2D eigenvalue weighted by atomic mass is 9.88. The van der Waals surface area contributed by atoms with Crippen LogP contribution in [0.4, 0.5) is 10.5 Å². The first-order chi connectivity index (χ1) is 12.2. The van der Waals surface area contributed by atoms with Gasteiger partial charge >= 0.3 is 6.09 Å². The van der Waals surface area contributed by atoms with E-state index in [1.54, 1.807) is 42.7 Å². The first-order valence-electron chi connectivity index (χ1n) is 7.99.